The Morgan fingerprint density at radius 3 is 2.68 bits per heavy atom. The molecular formula is C16H11FN2O3. The summed E-state index contributed by atoms with van der Waals surface area (Å²) >= 11 is 0. The number of halogens is 1. The average molecular weight is 298 g/mol. The highest BCUT2D eigenvalue weighted by Crippen LogP contribution is 2.18. The van der Waals surface area contributed by atoms with Gasteiger partial charge in [0, 0.05) is 5.56 Å². The quantitative estimate of drug-likeness (QED) is 0.800. The molecule has 1 heterocycles. The molecule has 0 spiro atoms. The van der Waals surface area contributed by atoms with Crippen LogP contribution in [0.3, 0.4) is 0 Å². The van der Waals surface area contributed by atoms with E-state index in [1.807, 2.05) is 0 Å². The van der Waals surface area contributed by atoms with Gasteiger partial charge in [-0.25, -0.2) is 9.18 Å². The first-order valence-corrected chi connectivity index (χ1v) is 6.52. The molecule has 0 aliphatic carbocycles. The average Bonchev–Trinajstić information content (AvgIpc) is 2.98. The maximum absolute atomic E-state index is 12.9. The van der Waals surface area contributed by atoms with Crippen LogP contribution in [0.5, 0.6) is 0 Å². The normalized spacial score (nSPS) is 10.6. The summed E-state index contributed by atoms with van der Waals surface area (Å²) in [6, 6.07) is 12.3. The summed E-state index contributed by atoms with van der Waals surface area (Å²) in [4.78, 5) is 15.2. The second-order valence-electron chi connectivity index (χ2n) is 4.70. The second-order valence-corrected chi connectivity index (χ2v) is 4.70. The molecule has 3 aromatic rings. The zero-order valence-electron chi connectivity index (χ0n) is 11.4. The molecule has 0 amide bonds. The van der Waals surface area contributed by atoms with Crippen LogP contribution in [0.4, 0.5) is 4.39 Å². The van der Waals surface area contributed by atoms with Gasteiger partial charge in [0.25, 0.3) is 0 Å². The minimum Gasteiger partial charge on any atom is -0.478 e. The van der Waals surface area contributed by atoms with E-state index >= 15 is 0 Å². The van der Waals surface area contributed by atoms with Gasteiger partial charge in [-0.2, -0.15) is 4.98 Å². The van der Waals surface area contributed by atoms with Crippen LogP contribution in [-0.2, 0) is 6.42 Å². The minimum atomic E-state index is -1.02. The first-order valence-electron chi connectivity index (χ1n) is 6.52. The lowest BCUT2D eigenvalue weighted by molar-refractivity contribution is 0.0697. The van der Waals surface area contributed by atoms with Crippen molar-refractivity contribution in [1.29, 1.82) is 0 Å². The summed E-state index contributed by atoms with van der Waals surface area (Å²) in [5, 5.41) is 12.8. The fraction of sp³-hybridized carbons (Fsp3) is 0.0625. The van der Waals surface area contributed by atoms with Crippen molar-refractivity contribution in [1.82, 2.24) is 10.1 Å². The van der Waals surface area contributed by atoms with Gasteiger partial charge in [-0.3, -0.25) is 0 Å². The van der Waals surface area contributed by atoms with Crippen molar-refractivity contribution in [3.8, 4) is 11.4 Å². The van der Waals surface area contributed by atoms with E-state index in [1.54, 1.807) is 24.3 Å². The van der Waals surface area contributed by atoms with Gasteiger partial charge in [0.2, 0.25) is 11.7 Å². The Labute approximate surface area is 125 Å². The summed E-state index contributed by atoms with van der Waals surface area (Å²) < 4.78 is 18.0. The number of hydrogen-bond acceptors (Lipinski definition) is 4. The molecule has 3 rings (SSSR count). The molecule has 5 nitrogen and oxygen atoms in total. The lowest BCUT2D eigenvalue weighted by Gasteiger charge is -1.97. The maximum atomic E-state index is 12.9. The van der Waals surface area contributed by atoms with Gasteiger partial charge in [-0.1, -0.05) is 29.4 Å². The van der Waals surface area contributed by atoms with Crippen molar-refractivity contribution < 1.29 is 18.8 Å². The zero-order valence-corrected chi connectivity index (χ0v) is 11.4. The van der Waals surface area contributed by atoms with Crippen LogP contribution < -0.4 is 0 Å². The number of carboxylic acids is 1. The molecule has 0 unspecified atom stereocenters. The van der Waals surface area contributed by atoms with E-state index in [0.29, 0.717) is 23.7 Å². The Balaban J connectivity index is 1.83. The van der Waals surface area contributed by atoms with E-state index in [-0.39, 0.29) is 11.4 Å². The monoisotopic (exact) mass is 298 g/mol. The number of rotatable bonds is 4. The summed E-state index contributed by atoms with van der Waals surface area (Å²) in [6.45, 7) is 0. The Morgan fingerprint density at radius 2 is 1.95 bits per heavy atom. The van der Waals surface area contributed by atoms with Crippen molar-refractivity contribution >= 4 is 5.97 Å². The number of carboxylic acid groups (broad SMARTS) is 1. The topological polar surface area (TPSA) is 76.2 Å². The molecule has 6 heteroatoms. The highest BCUT2D eigenvalue weighted by Gasteiger charge is 2.11. The first kappa shape index (κ1) is 13.9. The summed E-state index contributed by atoms with van der Waals surface area (Å²) in [7, 11) is 0. The van der Waals surface area contributed by atoms with E-state index in [1.165, 1.54) is 24.3 Å². The van der Waals surface area contributed by atoms with Crippen LogP contribution >= 0.6 is 0 Å². The predicted molar refractivity (Wildman–Crippen MR) is 75.9 cm³/mol. The fourth-order valence-corrected chi connectivity index (χ4v) is 2.01. The summed E-state index contributed by atoms with van der Waals surface area (Å²) in [5.74, 6) is -0.625. The van der Waals surface area contributed by atoms with E-state index in [9.17, 15) is 9.18 Å². The number of nitrogens with zero attached hydrogens (tertiary/aromatic N) is 2. The largest absolute Gasteiger partial charge is 0.478 e. The zero-order chi connectivity index (χ0) is 15.5. The minimum absolute atomic E-state index is 0.155. The summed E-state index contributed by atoms with van der Waals surface area (Å²) in [5.41, 5.74) is 1.56. The van der Waals surface area contributed by atoms with E-state index in [4.69, 9.17) is 9.63 Å². The molecular weight excluding hydrogens is 287 g/mol. The number of carbonyl (C=O) groups is 1. The van der Waals surface area contributed by atoms with Crippen molar-refractivity contribution in [3.05, 3.63) is 71.4 Å². The Morgan fingerprint density at radius 1 is 1.18 bits per heavy atom. The molecule has 0 atom stereocenters. The fourth-order valence-electron chi connectivity index (χ4n) is 2.01. The van der Waals surface area contributed by atoms with Crippen molar-refractivity contribution in [3.63, 3.8) is 0 Å². The van der Waals surface area contributed by atoms with Crippen molar-refractivity contribution in [2.45, 2.75) is 6.42 Å². The van der Waals surface area contributed by atoms with Gasteiger partial charge in [0.15, 0.2) is 0 Å². The van der Waals surface area contributed by atoms with Crippen LogP contribution in [0.1, 0.15) is 21.8 Å². The van der Waals surface area contributed by atoms with Gasteiger partial charge < -0.3 is 9.63 Å². The van der Waals surface area contributed by atoms with Crippen molar-refractivity contribution in [2.75, 3.05) is 0 Å². The number of hydrogen-bond donors (Lipinski definition) is 1. The van der Waals surface area contributed by atoms with Crippen molar-refractivity contribution in [2.24, 2.45) is 0 Å². The van der Waals surface area contributed by atoms with Gasteiger partial charge >= 0.3 is 5.97 Å². The Hall–Kier alpha value is -3.02. The van der Waals surface area contributed by atoms with Crippen LogP contribution in [-0.4, -0.2) is 21.2 Å². The highest BCUT2D eigenvalue weighted by atomic mass is 19.1. The number of aromatic nitrogens is 2. The third-order valence-electron chi connectivity index (χ3n) is 3.10. The van der Waals surface area contributed by atoms with Gasteiger partial charge in [0.1, 0.15) is 5.82 Å². The molecule has 1 N–H and O–H groups in total. The molecule has 0 radical (unpaired) electrons. The molecule has 0 saturated carbocycles. The van der Waals surface area contributed by atoms with Gasteiger partial charge in [-0.05, 0) is 29.8 Å². The molecule has 22 heavy (non-hydrogen) atoms. The van der Waals surface area contributed by atoms with Crippen LogP contribution in [0.2, 0.25) is 0 Å². The summed E-state index contributed by atoms with van der Waals surface area (Å²) in [6.07, 6.45) is 0.381. The standard InChI is InChI=1S/C16H11FN2O3/c17-13-6-4-10(5-7-13)8-14-18-15(19-22-14)11-2-1-3-12(9-11)16(20)21/h1-7,9H,8H2,(H,20,21). The lowest BCUT2D eigenvalue weighted by atomic mass is 10.1. The number of aromatic carboxylic acids is 1. The maximum Gasteiger partial charge on any atom is 0.335 e. The molecule has 0 saturated heterocycles. The molecule has 1 aromatic heterocycles. The third-order valence-corrected chi connectivity index (χ3v) is 3.10. The molecule has 0 aliphatic rings. The Bertz CT molecular complexity index is 812. The van der Waals surface area contributed by atoms with E-state index in [2.05, 4.69) is 10.1 Å². The first-order chi connectivity index (χ1) is 10.6. The number of benzene rings is 2. The smallest absolute Gasteiger partial charge is 0.335 e. The highest BCUT2D eigenvalue weighted by molar-refractivity contribution is 5.89. The predicted octanol–water partition coefficient (Wildman–Crippen LogP) is 3.16. The van der Waals surface area contributed by atoms with E-state index in [0.717, 1.165) is 5.56 Å². The van der Waals surface area contributed by atoms with E-state index < -0.39 is 5.97 Å². The SMILES string of the molecule is O=C(O)c1cccc(-c2noc(Cc3ccc(F)cc3)n2)c1. The van der Waals surface area contributed by atoms with Crippen LogP contribution in [0.25, 0.3) is 11.4 Å². The van der Waals surface area contributed by atoms with Crippen LogP contribution in [0.15, 0.2) is 53.1 Å². The van der Waals surface area contributed by atoms with Gasteiger partial charge in [0.05, 0.1) is 12.0 Å². The Kier molecular flexibility index (Phi) is 3.65. The van der Waals surface area contributed by atoms with Gasteiger partial charge in [-0.15, -0.1) is 0 Å². The molecule has 2 aromatic carbocycles. The molecule has 0 bridgehead atoms. The van der Waals surface area contributed by atoms with Crippen LogP contribution in [0, 0.1) is 5.82 Å². The molecule has 0 aliphatic heterocycles. The third kappa shape index (κ3) is 3.01. The molecule has 0 fully saturated rings. The molecule has 110 valence electrons. The lowest BCUT2D eigenvalue weighted by Crippen LogP contribution is -1.96. The second kappa shape index (κ2) is 5.77.